The minimum atomic E-state index is -0.0693. The number of carbonyl (C=O) groups is 1. The molecule has 0 spiro atoms. The molecule has 2 aromatic carbocycles. The van der Waals surface area contributed by atoms with Crippen molar-refractivity contribution in [2.75, 3.05) is 13.2 Å². The largest absolute Gasteiger partial charge is 0.483 e. The summed E-state index contributed by atoms with van der Waals surface area (Å²) in [6, 6.07) is 14.7. The first-order valence-corrected chi connectivity index (χ1v) is 9.01. The van der Waals surface area contributed by atoms with Gasteiger partial charge in [0.2, 0.25) is 0 Å². The lowest BCUT2D eigenvalue weighted by atomic mass is 10.0. The van der Waals surface area contributed by atoms with Crippen molar-refractivity contribution in [1.29, 1.82) is 0 Å². The minimum absolute atomic E-state index is 0.0632. The van der Waals surface area contributed by atoms with E-state index in [2.05, 4.69) is 62.5 Å². The number of hydrogen-bond acceptors (Lipinski definition) is 2. The van der Waals surface area contributed by atoms with Gasteiger partial charge < -0.3 is 10.1 Å². The summed E-state index contributed by atoms with van der Waals surface area (Å²) in [7, 11) is 0. The molecule has 1 N–H and O–H groups in total. The maximum atomic E-state index is 12.0. The van der Waals surface area contributed by atoms with Gasteiger partial charge >= 0.3 is 0 Å². The topological polar surface area (TPSA) is 38.3 Å². The number of nitrogens with one attached hydrogen (secondary N) is 1. The maximum Gasteiger partial charge on any atom is 0.257 e. The molecule has 0 aliphatic rings. The van der Waals surface area contributed by atoms with Crippen molar-refractivity contribution in [3.8, 4) is 5.75 Å². The van der Waals surface area contributed by atoms with E-state index in [-0.39, 0.29) is 12.5 Å². The molecule has 0 bridgehead atoms. The number of rotatable bonds is 8. The quantitative estimate of drug-likeness (QED) is 0.716. The van der Waals surface area contributed by atoms with Gasteiger partial charge in [0.15, 0.2) is 6.61 Å². The molecule has 0 aliphatic heterocycles. The average molecular weight is 339 g/mol. The minimum Gasteiger partial charge on any atom is -0.483 e. The van der Waals surface area contributed by atoms with E-state index in [1.165, 1.54) is 11.1 Å². The van der Waals surface area contributed by atoms with Crippen molar-refractivity contribution in [2.24, 2.45) is 0 Å². The number of benzene rings is 2. The third-order valence-electron chi connectivity index (χ3n) is 4.23. The van der Waals surface area contributed by atoms with E-state index in [0.29, 0.717) is 12.5 Å². The smallest absolute Gasteiger partial charge is 0.257 e. The van der Waals surface area contributed by atoms with Crippen LogP contribution in [0.25, 0.3) is 0 Å². The highest BCUT2D eigenvalue weighted by atomic mass is 16.5. The molecule has 0 saturated heterocycles. The van der Waals surface area contributed by atoms with Gasteiger partial charge in [0.1, 0.15) is 5.75 Å². The lowest BCUT2D eigenvalue weighted by Gasteiger charge is -2.14. The molecule has 0 atom stereocenters. The van der Waals surface area contributed by atoms with E-state index in [1.807, 2.05) is 13.0 Å². The van der Waals surface area contributed by atoms with Gasteiger partial charge in [-0.15, -0.1) is 0 Å². The molecule has 3 nitrogen and oxygen atoms in total. The van der Waals surface area contributed by atoms with Crippen LogP contribution in [0.1, 0.15) is 48.4 Å². The third-order valence-corrected chi connectivity index (χ3v) is 4.23. The number of aryl methyl sites for hydroxylation is 3. The number of amides is 1. The molecule has 1 amide bonds. The van der Waals surface area contributed by atoms with Crippen LogP contribution in [0, 0.1) is 13.8 Å². The lowest BCUT2D eigenvalue weighted by molar-refractivity contribution is -0.123. The van der Waals surface area contributed by atoms with Crippen LogP contribution in [0.5, 0.6) is 5.75 Å². The zero-order valence-electron chi connectivity index (χ0n) is 15.8. The summed E-state index contributed by atoms with van der Waals surface area (Å²) in [4.78, 5) is 12.0. The number of carbonyl (C=O) groups excluding carboxylic acids is 1. The van der Waals surface area contributed by atoms with E-state index in [4.69, 9.17) is 4.74 Å². The van der Waals surface area contributed by atoms with Crippen LogP contribution in [0.3, 0.4) is 0 Å². The van der Waals surface area contributed by atoms with Gasteiger partial charge in [-0.05, 0) is 55.4 Å². The van der Waals surface area contributed by atoms with Crippen LogP contribution >= 0.6 is 0 Å². The number of hydrogen-bond donors (Lipinski definition) is 1. The summed E-state index contributed by atoms with van der Waals surface area (Å²) >= 11 is 0. The molecule has 2 aromatic rings. The predicted molar refractivity (Wildman–Crippen MR) is 103 cm³/mol. The Morgan fingerprint density at radius 2 is 1.72 bits per heavy atom. The first kappa shape index (κ1) is 19.0. The third kappa shape index (κ3) is 6.26. The standard InChI is InChI=1S/C22H29NO2/c1-16(2)20-12-9-18(4)14-21(20)25-15-22(24)23-13-5-6-19-10-7-17(3)8-11-19/h7-12,14,16H,5-6,13,15H2,1-4H3,(H,23,24). The fourth-order valence-corrected chi connectivity index (χ4v) is 2.71. The van der Waals surface area contributed by atoms with Crippen molar-refractivity contribution in [2.45, 2.75) is 46.5 Å². The highest BCUT2D eigenvalue weighted by Crippen LogP contribution is 2.27. The SMILES string of the molecule is Cc1ccc(CCCNC(=O)COc2cc(C)ccc2C(C)C)cc1. The molecule has 134 valence electrons. The maximum absolute atomic E-state index is 12.0. The number of ether oxygens (including phenoxy) is 1. The van der Waals surface area contributed by atoms with E-state index >= 15 is 0 Å². The van der Waals surface area contributed by atoms with E-state index in [9.17, 15) is 4.79 Å². The molecule has 0 aromatic heterocycles. The Kier molecular flexibility index (Phi) is 7.05. The van der Waals surface area contributed by atoms with Gasteiger partial charge in [0.05, 0.1) is 0 Å². The molecule has 3 heteroatoms. The van der Waals surface area contributed by atoms with Crippen molar-refractivity contribution < 1.29 is 9.53 Å². The second kappa shape index (κ2) is 9.26. The Labute approximate surface area is 151 Å². The second-order valence-electron chi connectivity index (χ2n) is 6.92. The Bertz CT molecular complexity index is 690. The summed E-state index contributed by atoms with van der Waals surface area (Å²) in [6.45, 7) is 9.10. The molecule has 25 heavy (non-hydrogen) atoms. The van der Waals surface area contributed by atoms with Crippen LogP contribution in [-0.2, 0) is 11.2 Å². The van der Waals surface area contributed by atoms with Gasteiger partial charge in [-0.1, -0.05) is 55.8 Å². The van der Waals surface area contributed by atoms with Gasteiger partial charge in [-0.25, -0.2) is 0 Å². The van der Waals surface area contributed by atoms with Gasteiger partial charge in [-0.2, -0.15) is 0 Å². The van der Waals surface area contributed by atoms with Crippen LogP contribution in [-0.4, -0.2) is 19.1 Å². The average Bonchev–Trinajstić information content (AvgIpc) is 2.58. The molecule has 0 saturated carbocycles. The first-order valence-electron chi connectivity index (χ1n) is 9.01. The molecular weight excluding hydrogens is 310 g/mol. The lowest BCUT2D eigenvalue weighted by Crippen LogP contribution is -2.30. The van der Waals surface area contributed by atoms with Gasteiger partial charge in [-0.3, -0.25) is 4.79 Å². The van der Waals surface area contributed by atoms with Crippen molar-refractivity contribution in [1.82, 2.24) is 5.32 Å². The molecule has 0 unspecified atom stereocenters. The molecule has 2 rings (SSSR count). The fourth-order valence-electron chi connectivity index (χ4n) is 2.71. The van der Waals surface area contributed by atoms with Gasteiger partial charge in [0.25, 0.3) is 5.91 Å². The van der Waals surface area contributed by atoms with Crippen LogP contribution < -0.4 is 10.1 Å². The normalized spacial score (nSPS) is 10.8. The Balaban J connectivity index is 1.74. The van der Waals surface area contributed by atoms with Crippen molar-refractivity contribution in [3.63, 3.8) is 0 Å². The molecular formula is C22H29NO2. The van der Waals surface area contributed by atoms with Gasteiger partial charge in [0, 0.05) is 6.54 Å². The summed E-state index contributed by atoms with van der Waals surface area (Å²) in [6.07, 6.45) is 1.90. The molecule has 0 fully saturated rings. The Morgan fingerprint density at radius 1 is 1.04 bits per heavy atom. The zero-order chi connectivity index (χ0) is 18.2. The Hall–Kier alpha value is -2.29. The van der Waals surface area contributed by atoms with Crippen molar-refractivity contribution in [3.05, 3.63) is 64.7 Å². The highest BCUT2D eigenvalue weighted by molar-refractivity contribution is 5.77. The van der Waals surface area contributed by atoms with Crippen LogP contribution in [0.2, 0.25) is 0 Å². The van der Waals surface area contributed by atoms with Crippen LogP contribution in [0.15, 0.2) is 42.5 Å². The predicted octanol–water partition coefficient (Wildman–Crippen LogP) is 4.55. The molecule has 0 radical (unpaired) electrons. The van der Waals surface area contributed by atoms with Crippen LogP contribution in [0.4, 0.5) is 0 Å². The fraction of sp³-hybridized carbons (Fsp3) is 0.409. The summed E-state index contributed by atoms with van der Waals surface area (Å²) in [5.41, 5.74) is 4.85. The second-order valence-corrected chi connectivity index (χ2v) is 6.92. The zero-order valence-corrected chi connectivity index (χ0v) is 15.8. The first-order chi connectivity index (χ1) is 12.0. The van der Waals surface area contributed by atoms with E-state index in [0.717, 1.165) is 29.7 Å². The van der Waals surface area contributed by atoms with E-state index < -0.39 is 0 Å². The molecule has 0 aliphatic carbocycles. The van der Waals surface area contributed by atoms with Crippen molar-refractivity contribution >= 4 is 5.91 Å². The molecule has 0 heterocycles. The summed E-state index contributed by atoms with van der Waals surface area (Å²) < 4.78 is 5.76. The summed E-state index contributed by atoms with van der Waals surface area (Å²) in [5.74, 6) is 1.11. The summed E-state index contributed by atoms with van der Waals surface area (Å²) in [5, 5.41) is 2.93. The monoisotopic (exact) mass is 339 g/mol. The Morgan fingerprint density at radius 3 is 2.40 bits per heavy atom. The van der Waals surface area contributed by atoms with E-state index in [1.54, 1.807) is 0 Å². The highest BCUT2D eigenvalue weighted by Gasteiger charge is 2.10.